The first-order valence-corrected chi connectivity index (χ1v) is 6.89. The fourth-order valence-electron chi connectivity index (χ4n) is 2.43. The molecule has 1 unspecified atom stereocenters. The minimum absolute atomic E-state index is 0. The number of phenols is 1. The summed E-state index contributed by atoms with van der Waals surface area (Å²) < 4.78 is 0. The van der Waals surface area contributed by atoms with Crippen molar-refractivity contribution < 1.29 is 9.90 Å². The van der Waals surface area contributed by atoms with E-state index in [-0.39, 0.29) is 24.1 Å². The summed E-state index contributed by atoms with van der Waals surface area (Å²) in [6, 6.07) is 5.34. The molecule has 0 saturated carbocycles. The van der Waals surface area contributed by atoms with Crippen molar-refractivity contribution in [2.24, 2.45) is 5.41 Å². The van der Waals surface area contributed by atoms with Gasteiger partial charge in [-0.2, -0.15) is 0 Å². The summed E-state index contributed by atoms with van der Waals surface area (Å²) in [6.45, 7) is 5.67. The summed E-state index contributed by atoms with van der Waals surface area (Å²) in [4.78, 5) is 12.4. The molecule has 5 heteroatoms. The molecule has 20 heavy (non-hydrogen) atoms. The van der Waals surface area contributed by atoms with E-state index in [2.05, 4.69) is 10.6 Å². The summed E-state index contributed by atoms with van der Waals surface area (Å²) in [6.07, 6.45) is 2.76. The Bertz CT molecular complexity index is 471. The highest BCUT2D eigenvalue weighted by Crippen LogP contribution is 2.30. The number of nitrogens with one attached hydrogen (secondary N) is 2. The average Bonchev–Trinajstić information content (AvgIpc) is 2.42. The van der Waals surface area contributed by atoms with E-state index >= 15 is 0 Å². The lowest BCUT2D eigenvalue weighted by atomic mass is 9.82. The normalized spacial score (nSPS) is 21.9. The molecule has 1 fully saturated rings. The first kappa shape index (κ1) is 16.8. The van der Waals surface area contributed by atoms with Gasteiger partial charge < -0.3 is 15.7 Å². The molecule has 1 amide bonds. The van der Waals surface area contributed by atoms with E-state index in [0.29, 0.717) is 12.2 Å². The van der Waals surface area contributed by atoms with Gasteiger partial charge >= 0.3 is 0 Å². The minimum atomic E-state index is -0.396. The average molecular weight is 299 g/mol. The molecule has 1 aliphatic rings. The van der Waals surface area contributed by atoms with Crippen LogP contribution in [0.2, 0.25) is 0 Å². The van der Waals surface area contributed by atoms with E-state index in [0.717, 1.165) is 31.4 Å². The SMILES string of the molecule is CCc1ccc(O)c(NC(=O)C2(C)CCCNC2)c1.Cl. The largest absolute Gasteiger partial charge is 0.506 e. The van der Waals surface area contributed by atoms with Crippen molar-refractivity contribution in [2.45, 2.75) is 33.1 Å². The predicted octanol–water partition coefficient (Wildman–Crippen LogP) is 2.70. The zero-order chi connectivity index (χ0) is 13.9. The highest BCUT2D eigenvalue weighted by Gasteiger charge is 2.34. The zero-order valence-corrected chi connectivity index (χ0v) is 12.8. The van der Waals surface area contributed by atoms with E-state index in [1.165, 1.54) is 0 Å². The monoisotopic (exact) mass is 298 g/mol. The summed E-state index contributed by atoms with van der Waals surface area (Å²) in [7, 11) is 0. The van der Waals surface area contributed by atoms with Crippen LogP contribution in [-0.4, -0.2) is 24.1 Å². The summed E-state index contributed by atoms with van der Waals surface area (Å²) in [5, 5.41) is 16.0. The maximum Gasteiger partial charge on any atom is 0.231 e. The fourth-order valence-corrected chi connectivity index (χ4v) is 2.43. The smallest absolute Gasteiger partial charge is 0.231 e. The molecular formula is C15H23ClN2O2. The van der Waals surface area contributed by atoms with E-state index in [1.807, 2.05) is 26.0 Å². The van der Waals surface area contributed by atoms with Crippen LogP contribution in [0.15, 0.2) is 18.2 Å². The zero-order valence-electron chi connectivity index (χ0n) is 12.0. The number of amides is 1. The van der Waals surface area contributed by atoms with Crippen LogP contribution >= 0.6 is 12.4 Å². The van der Waals surface area contributed by atoms with Crippen LogP contribution in [0.3, 0.4) is 0 Å². The molecular weight excluding hydrogens is 276 g/mol. The van der Waals surface area contributed by atoms with E-state index in [4.69, 9.17) is 0 Å². The van der Waals surface area contributed by atoms with Crippen LogP contribution in [-0.2, 0) is 11.2 Å². The van der Waals surface area contributed by atoms with Crippen LogP contribution < -0.4 is 10.6 Å². The van der Waals surface area contributed by atoms with Gasteiger partial charge in [0.15, 0.2) is 0 Å². The third-order valence-corrected chi connectivity index (χ3v) is 3.86. The van der Waals surface area contributed by atoms with Gasteiger partial charge in [-0.3, -0.25) is 4.79 Å². The molecule has 4 nitrogen and oxygen atoms in total. The van der Waals surface area contributed by atoms with Gasteiger partial charge in [-0.15, -0.1) is 12.4 Å². The Hall–Kier alpha value is -1.26. The second kappa shape index (κ2) is 6.95. The van der Waals surface area contributed by atoms with Gasteiger partial charge in [-0.05, 0) is 50.4 Å². The summed E-state index contributed by atoms with van der Waals surface area (Å²) in [5.41, 5.74) is 1.21. The molecule has 1 heterocycles. The van der Waals surface area contributed by atoms with Crippen LogP contribution in [0, 0.1) is 5.41 Å². The number of aryl methyl sites for hydroxylation is 1. The van der Waals surface area contributed by atoms with E-state index < -0.39 is 5.41 Å². The molecule has 1 aromatic rings. The Morgan fingerprint density at radius 3 is 2.85 bits per heavy atom. The molecule has 0 bridgehead atoms. The topological polar surface area (TPSA) is 61.4 Å². The Kier molecular flexibility index (Phi) is 5.84. The number of benzene rings is 1. The molecule has 1 aromatic carbocycles. The number of aromatic hydroxyl groups is 1. The minimum Gasteiger partial charge on any atom is -0.506 e. The van der Waals surface area contributed by atoms with Crippen molar-refractivity contribution in [3.8, 4) is 5.75 Å². The quantitative estimate of drug-likeness (QED) is 0.752. The number of hydrogen-bond acceptors (Lipinski definition) is 3. The summed E-state index contributed by atoms with van der Waals surface area (Å²) >= 11 is 0. The van der Waals surface area contributed by atoms with Crippen molar-refractivity contribution in [2.75, 3.05) is 18.4 Å². The molecule has 0 radical (unpaired) electrons. The Morgan fingerprint density at radius 2 is 2.25 bits per heavy atom. The van der Waals surface area contributed by atoms with Gasteiger partial charge in [0.25, 0.3) is 0 Å². The third kappa shape index (κ3) is 3.64. The van der Waals surface area contributed by atoms with Gasteiger partial charge in [-0.25, -0.2) is 0 Å². The van der Waals surface area contributed by atoms with E-state index in [1.54, 1.807) is 6.07 Å². The van der Waals surface area contributed by atoms with Crippen molar-refractivity contribution in [3.63, 3.8) is 0 Å². The molecule has 1 atom stereocenters. The summed E-state index contributed by atoms with van der Waals surface area (Å²) in [5.74, 6) is 0.0983. The van der Waals surface area contributed by atoms with Crippen LogP contribution in [0.5, 0.6) is 5.75 Å². The second-order valence-electron chi connectivity index (χ2n) is 5.50. The van der Waals surface area contributed by atoms with Crippen LogP contribution in [0.1, 0.15) is 32.3 Å². The van der Waals surface area contributed by atoms with Gasteiger partial charge in [0.1, 0.15) is 5.75 Å². The van der Waals surface area contributed by atoms with Crippen molar-refractivity contribution in [3.05, 3.63) is 23.8 Å². The van der Waals surface area contributed by atoms with Crippen molar-refractivity contribution in [1.29, 1.82) is 0 Å². The number of carbonyl (C=O) groups is 1. The number of halogens is 1. The number of anilines is 1. The Balaban J connectivity index is 0.00000200. The first-order valence-electron chi connectivity index (χ1n) is 6.89. The van der Waals surface area contributed by atoms with Crippen molar-refractivity contribution >= 4 is 24.0 Å². The molecule has 3 N–H and O–H groups in total. The number of carbonyl (C=O) groups excluding carboxylic acids is 1. The maximum atomic E-state index is 12.4. The lowest BCUT2D eigenvalue weighted by Crippen LogP contribution is -2.46. The van der Waals surface area contributed by atoms with Gasteiger partial charge in [0.2, 0.25) is 5.91 Å². The molecule has 0 spiro atoms. The third-order valence-electron chi connectivity index (χ3n) is 3.86. The molecule has 1 saturated heterocycles. The van der Waals surface area contributed by atoms with Gasteiger partial charge in [0.05, 0.1) is 11.1 Å². The van der Waals surface area contributed by atoms with Gasteiger partial charge in [-0.1, -0.05) is 13.0 Å². The fraction of sp³-hybridized carbons (Fsp3) is 0.533. The highest BCUT2D eigenvalue weighted by atomic mass is 35.5. The Labute approximate surface area is 126 Å². The van der Waals surface area contributed by atoms with Gasteiger partial charge in [0, 0.05) is 6.54 Å². The first-order chi connectivity index (χ1) is 9.05. The highest BCUT2D eigenvalue weighted by molar-refractivity contribution is 5.96. The van der Waals surface area contributed by atoms with Crippen LogP contribution in [0.4, 0.5) is 5.69 Å². The number of hydrogen-bond donors (Lipinski definition) is 3. The number of piperidine rings is 1. The lowest BCUT2D eigenvalue weighted by molar-refractivity contribution is -0.125. The Morgan fingerprint density at radius 1 is 1.50 bits per heavy atom. The van der Waals surface area contributed by atoms with Crippen LogP contribution in [0.25, 0.3) is 0 Å². The number of rotatable bonds is 3. The van der Waals surface area contributed by atoms with Crippen molar-refractivity contribution in [1.82, 2.24) is 5.32 Å². The maximum absolute atomic E-state index is 12.4. The molecule has 0 aromatic heterocycles. The standard InChI is InChI=1S/C15H22N2O2.ClH/c1-3-11-5-6-13(18)12(9-11)17-14(19)15(2)7-4-8-16-10-15;/h5-6,9,16,18H,3-4,7-8,10H2,1-2H3,(H,17,19);1H. The lowest BCUT2D eigenvalue weighted by Gasteiger charge is -2.32. The van der Waals surface area contributed by atoms with E-state index in [9.17, 15) is 9.90 Å². The number of phenolic OH excluding ortho intramolecular Hbond substituents is 1. The predicted molar refractivity (Wildman–Crippen MR) is 83.6 cm³/mol. The second-order valence-corrected chi connectivity index (χ2v) is 5.50. The molecule has 2 rings (SSSR count). The molecule has 1 aliphatic heterocycles. The molecule has 0 aliphatic carbocycles. The molecule has 112 valence electrons.